The average molecular weight is 570 g/mol. The van der Waals surface area contributed by atoms with Crippen molar-refractivity contribution in [3.05, 3.63) is 120 Å². The Hall–Kier alpha value is -4.23. The molecule has 42 heavy (non-hydrogen) atoms. The molecule has 11 nitrogen and oxygen atoms in total. The molecule has 5 aromatic rings. The number of imidazole rings is 1. The first kappa shape index (κ1) is 27.9. The second-order valence-corrected chi connectivity index (χ2v) is 9.90. The van der Waals surface area contributed by atoms with Gasteiger partial charge in [0.1, 0.15) is 29.7 Å². The highest BCUT2D eigenvalue weighted by molar-refractivity contribution is 5.81. The molecule has 1 aliphatic rings. The lowest BCUT2D eigenvalue weighted by molar-refractivity contribution is -0.428. The number of aromatic nitrogens is 4. The van der Waals surface area contributed by atoms with Crippen LogP contribution >= 0.6 is 0 Å². The van der Waals surface area contributed by atoms with Crippen molar-refractivity contribution in [3.8, 4) is 0 Å². The molecule has 4 N–H and O–H groups in total. The third kappa shape index (κ3) is 4.43. The summed E-state index contributed by atoms with van der Waals surface area (Å²) in [6.07, 6.45) is -2.69. The lowest BCUT2D eigenvalue weighted by atomic mass is 9.80. The molecule has 3 aromatic carbocycles. The van der Waals surface area contributed by atoms with E-state index in [0.717, 1.165) is 16.7 Å². The highest BCUT2D eigenvalue weighted by atomic mass is 16.9. The largest absolute Gasteiger partial charge is 0.387 e. The maximum Gasteiger partial charge on any atom is 0.314 e. The molecule has 0 radical (unpaired) electrons. The van der Waals surface area contributed by atoms with Crippen LogP contribution in [0.15, 0.2) is 104 Å². The molecule has 2 aromatic heterocycles. The van der Waals surface area contributed by atoms with Gasteiger partial charge in [0.05, 0.1) is 6.33 Å². The standard InChI is InChI=1S/C31H31N5O6/c1-39-31(40-2,26-24(37)25(38)29(41-26)36-19-35-23-27(32)33-18-34-28(23)36)42-30(20-12-6-3-7-13-20,21-14-8-4-9-15-21)22-16-10-5-11-17-22/h3-19,24-26,29,37-38H,1-2H3,(H2,32,33,34)/t24-,25+,26-,29+/m0/s1. The van der Waals surface area contributed by atoms with Gasteiger partial charge >= 0.3 is 5.97 Å². The number of nitrogens with two attached hydrogens (primary N) is 1. The lowest BCUT2D eigenvalue weighted by Crippen LogP contribution is -2.58. The molecule has 0 amide bonds. The van der Waals surface area contributed by atoms with E-state index in [1.807, 2.05) is 91.0 Å². The maximum atomic E-state index is 11.5. The fourth-order valence-corrected chi connectivity index (χ4v) is 5.60. The second-order valence-electron chi connectivity index (χ2n) is 9.90. The molecule has 1 saturated heterocycles. The Morgan fingerprint density at radius 3 is 1.79 bits per heavy atom. The molecule has 216 valence electrons. The van der Waals surface area contributed by atoms with Gasteiger partial charge in [0.25, 0.3) is 0 Å². The van der Waals surface area contributed by atoms with Crippen LogP contribution in [0.3, 0.4) is 0 Å². The molecule has 0 bridgehead atoms. The van der Waals surface area contributed by atoms with Crippen molar-refractivity contribution in [2.75, 3.05) is 20.0 Å². The molecule has 0 saturated carbocycles. The first-order valence-electron chi connectivity index (χ1n) is 13.4. The lowest BCUT2D eigenvalue weighted by Gasteiger charge is -2.45. The van der Waals surface area contributed by atoms with Crippen LogP contribution in [-0.2, 0) is 24.5 Å². The number of rotatable bonds is 9. The first-order chi connectivity index (χ1) is 20.4. The number of hydrogen-bond donors (Lipinski definition) is 3. The van der Waals surface area contributed by atoms with Crippen molar-refractivity contribution < 1.29 is 29.2 Å². The zero-order valence-electron chi connectivity index (χ0n) is 23.0. The van der Waals surface area contributed by atoms with Gasteiger partial charge in [-0.25, -0.2) is 15.0 Å². The summed E-state index contributed by atoms with van der Waals surface area (Å²) < 4.78 is 26.8. The molecule has 1 fully saturated rings. The second kappa shape index (κ2) is 11.2. The van der Waals surface area contributed by atoms with Crippen molar-refractivity contribution in [1.82, 2.24) is 19.5 Å². The number of aliphatic hydroxyl groups is 2. The third-order valence-corrected chi connectivity index (χ3v) is 7.65. The number of ether oxygens (including phenoxy) is 4. The zero-order valence-corrected chi connectivity index (χ0v) is 23.0. The summed E-state index contributed by atoms with van der Waals surface area (Å²) >= 11 is 0. The first-order valence-corrected chi connectivity index (χ1v) is 13.4. The van der Waals surface area contributed by atoms with Gasteiger partial charge in [-0.15, -0.1) is 0 Å². The highest BCUT2D eigenvalue weighted by Crippen LogP contribution is 2.47. The number of anilines is 1. The Bertz CT molecular complexity index is 1530. The van der Waals surface area contributed by atoms with Gasteiger partial charge in [0.15, 0.2) is 23.8 Å². The highest BCUT2D eigenvalue weighted by Gasteiger charge is 2.60. The molecular formula is C31H31N5O6. The quantitative estimate of drug-likeness (QED) is 0.179. The molecule has 0 spiro atoms. The van der Waals surface area contributed by atoms with Crippen LogP contribution in [0.1, 0.15) is 22.9 Å². The maximum absolute atomic E-state index is 11.5. The van der Waals surface area contributed by atoms with Crippen LogP contribution in [0, 0.1) is 0 Å². The predicted molar refractivity (Wildman–Crippen MR) is 153 cm³/mol. The number of aliphatic hydroxyl groups excluding tert-OH is 2. The number of hydrogen-bond acceptors (Lipinski definition) is 10. The van der Waals surface area contributed by atoms with Gasteiger partial charge in [0.2, 0.25) is 0 Å². The summed E-state index contributed by atoms with van der Waals surface area (Å²) in [5, 5.41) is 22.7. The third-order valence-electron chi connectivity index (χ3n) is 7.65. The summed E-state index contributed by atoms with van der Waals surface area (Å²) in [6.45, 7) is 0. The minimum Gasteiger partial charge on any atom is -0.387 e. The molecule has 3 heterocycles. The fourth-order valence-electron chi connectivity index (χ4n) is 5.60. The van der Waals surface area contributed by atoms with E-state index in [4.69, 9.17) is 24.7 Å². The van der Waals surface area contributed by atoms with Gasteiger partial charge < -0.3 is 34.9 Å². The number of nitrogens with zero attached hydrogens (tertiary/aromatic N) is 4. The summed E-state index contributed by atoms with van der Waals surface area (Å²) in [4.78, 5) is 12.5. The van der Waals surface area contributed by atoms with E-state index in [1.54, 1.807) is 0 Å². The molecule has 11 heteroatoms. The van der Waals surface area contributed by atoms with Crippen LogP contribution in [-0.4, -0.2) is 68.2 Å². The van der Waals surface area contributed by atoms with Crippen LogP contribution in [0.2, 0.25) is 0 Å². The van der Waals surface area contributed by atoms with Crippen LogP contribution in [0.4, 0.5) is 5.82 Å². The average Bonchev–Trinajstić information content (AvgIpc) is 3.61. The summed E-state index contributed by atoms with van der Waals surface area (Å²) in [5.74, 6) is -1.85. The van der Waals surface area contributed by atoms with Crippen LogP contribution in [0.5, 0.6) is 0 Å². The van der Waals surface area contributed by atoms with Gasteiger partial charge in [-0.3, -0.25) is 4.57 Å². The molecule has 0 aliphatic carbocycles. The van der Waals surface area contributed by atoms with Crippen molar-refractivity contribution in [1.29, 1.82) is 0 Å². The van der Waals surface area contributed by atoms with E-state index in [1.165, 1.54) is 31.4 Å². The Kier molecular flexibility index (Phi) is 7.45. The Labute approximate surface area is 242 Å². The molecular weight excluding hydrogens is 538 g/mol. The Morgan fingerprint density at radius 1 is 0.762 bits per heavy atom. The van der Waals surface area contributed by atoms with E-state index in [9.17, 15) is 10.2 Å². The number of benzene rings is 3. The molecule has 6 rings (SSSR count). The minimum atomic E-state index is -2.03. The van der Waals surface area contributed by atoms with Crippen LogP contribution < -0.4 is 5.73 Å². The van der Waals surface area contributed by atoms with E-state index in [-0.39, 0.29) is 5.82 Å². The molecule has 4 atom stereocenters. The van der Waals surface area contributed by atoms with Gasteiger partial charge in [-0.2, -0.15) is 0 Å². The van der Waals surface area contributed by atoms with Crippen molar-refractivity contribution in [3.63, 3.8) is 0 Å². The number of nitrogen functional groups attached to an aromatic ring is 1. The molecule has 1 aliphatic heterocycles. The summed E-state index contributed by atoms with van der Waals surface area (Å²) in [7, 11) is 2.79. The van der Waals surface area contributed by atoms with E-state index < -0.39 is 36.1 Å². The fraction of sp³-hybridized carbons (Fsp3) is 0.258. The van der Waals surface area contributed by atoms with Crippen molar-refractivity contribution in [2.45, 2.75) is 36.1 Å². The van der Waals surface area contributed by atoms with Crippen LogP contribution in [0.25, 0.3) is 11.2 Å². The van der Waals surface area contributed by atoms with Gasteiger partial charge in [0, 0.05) is 14.2 Å². The van der Waals surface area contributed by atoms with Crippen molar-refractivity contribution >= 4 is 17.0 Å². The van der Waals surface area contributed by atoms with Crippen molar-refractivity contribution in [2.24, 2.45) is 0 Å². The smallest absolute Gasteiger partial charge is 0.314 e. The van der Waals surface area contributed by atoms with E-state index in [2.05, 4.69) is 15.0 Å². The summed E-state index contributed by atoms with van der Waals surface area (Å²) in [5.41, 5.74) is 7.66. The summed E-state index contributed by atoms with van der Waals surface area (Å²) in [6, 6.07) is 28.9. The van der Waals surface area contributed by atoms with Gasteiger partial charge in [-0.05, 0) is 16.7 Å². The predicted octanol–water partition coefficient (Wildman–Crippen LogP) is 2.98. The monoisotopic (exact) mass is 569 g/mol. The minimum absolute atomic E-state index is 0.174. The Morgan fingerprint density at radius 2 is 1.29 bits per heavy atom. The Balaban J connectivity index is 1.49. The van der Waals surface area contributed by atoms with Gasteiger partial charge in [-0.1, -0.05) is 91.0 Å². The number of methoxy groups -OCH3 is 2. The SMILES string of the molecule is COC(OC)(OC(c1ccccc1)(c1ccccc1)c1ccccc1)[C@H]1O[C@@H](n2cnc3c(N)ncnc32)[C@H](O)[C@@H]1O. The van der Waals surface area contributed by atoms with E-state index in [0.29, 0.717) is 11.2 Å². The normalized spacial score (nSPS) is 21.1. The number of fused-ring (bicyclic) bond motifs is 1. The zero-order chi connectivity index (χ0) is 29.3. The molecule has 0 unspecified atom stereocenters. The topological polar surface area (TPSA) is 147 Å². The van der Waals surface area contributed by atoms with E-state index >= 15 is 0 Å².